The topological polar surface area (TPSA) is 68.0 Å². The molecule has 0 saturated carbocycles. The monoisotopic (exact) mass is 435 g/mol. The van der Waals surface area contributed by atoms with Gasteiger partial charge in [-0.3, -0.25) is 4.79 Å². The lowest BCUT2D eigenvalue weighted by atomic mass is 10.1. The molecule has 0 spiro atoms. The van der Waals surface area contributed by atoms with Crippen molar-refractivity contribution in [3.8, 4) is 22.6 Å². The standard InChI is InChI=1S/C23H18ClN3O2S/c1-15(22(28)26-19-13-12-18(24)14-25-19)30-23-27-20(16-8-4-2-5-9-16)21(29-23)17-10-6-3-7-11-17/h2-15H,1H3,(H,25,26,28). The van der Waals surface area contributed by atoms with Crippen molar-refractivity contribution in [2.24, 2.45) is 0 Å². The van der Waals surface area contributed by atoms with E-state index in [1.807, 2.05) is 60.7 Å². The Kier molecular flexibility index (Phi) is 6.16. The van der Waals surface area contributed by atoms with Crippen LogP contribution in [-0.4, -0.2) is 21.1 Å². The van der Waals surface area contributed by atoms with Crippen molar-refractivity contribution in [3.05, 3.63) is 84.0 Å². The molecule has 1 N–H and O–H groups in total. The molecule has 2 heterocycles. The molecule has 5 nitrogen and oxygen atoms in total. The fourth-order valence-electron chi connectivity index (χ4n) is 2.81. The van der Waals surface area contributed by atoms with E-state index in [2.05, 4.69) is 15.3 Å². The number of pyridine rings is 1. The van der Waals surface area contributed by atoms with Gasteiger partial charge in [-0.2, -0.15) is 0 Å². The normalized spacial score (nSPS) is 11.8. The van der Waals surface area contributed by atoms with E-state index in [4.69, 9.17) is 16.0 Å². The largest absolute Gasteiger partial charge is 0.431 e. The van der Waals surface area contributed by atoms with Gasteiger partial charge in [-0.15, -0.1) is 0 Å². The second-order valence-corrected chi connectivity index (χ2v) is 8.23. The van der Waals surface area contributed by atoms with E-state index in [-0.39, 0.29) is 5.91 Å². The maximum absolute atomic E-state index is 12.6. The molecule has 0 radical (unpaired) electrons. The third kappa shape index (κ3) is 4.72. The Morgan fingerprint density at radius 1 is 1.00 bits per heavy atom. The van der Waals surface area contributed by atoms with Gasteiger partial charge in [0.2, 0.25) is 5.91 Å². The van der Waals surface area contributed by atoms with E-state index in [1.165, 1.54) is 18.0 Å². The second kappa shape index (κ2) is 9.15. The van der Waals surface area contributed by atoms with Gasteiger partial charge in [-0.25, -0.2) is 9.97 Å². The maximum Gasteiger partial charge on any atom is 0.257 e. The van der Waals surface area contributed by atoms with Gasteiger partial charge in [0.25, 0.3) is 5.22 Å². The first-order chi connectivity index (χ1) is 14.6. The number of hydrogen-bond donors (Lipinski definition) is 1. The Bertz CT molecular complexity index is 1080. The Morgan fingerprint density at radius 3 is 2.30 bits per heavy atom. The first kappa shape index (κ1) is 20.2. The number of rotatable bonds is 6. The highest BCUT2D eigenvalue weighted by molar-refractivity contribution is 8.00. The fraction of sp³-hybridized carbons (Fsp3) is 0.0870. The van der Waals surface area contributed by atoms with Crippen molar-refractivity contribution in [2.45, 2.75) is 17.4 Å². The van der Waals surface area contributed by atoms with E-state index in [1.54, 1.807) is 19.1 Å². The van der Waals surface area contributed by atoms with E-state index in [0.29, 0.717) is 21.8 Å². The number of anilines is 1. The molecule has 2 aromatic carbocycles. The Hall–Kier alpha value is -3.09. The lowest BCUT2D eigenvalue weighted by molar-refractivity contribution is -0.115. The van der Waals surface area contributed by atoms with Crippen LogP contribution in [0.15, 0.2) is 88.6 Å². The highest BCUT2D eigenvalue weighted by Crippen LogP contribution is 2.36. The predicted octanol–water partition coefficient (Wildman–Crippen LogP) is 6.18. The van der Waals surface area contributed by atoms with Crippen LogP contribution in [-0.2, 0) is 4.79 Å². The number of thioether (sulfide) groups is 1. The van der Waals surface area contributed by atoms with Crippen LogP contribution in [0.1, 0.15) is 6.92 Å². The van der Waals surface area contributed by atoms with Gasteiger partial charge in [-0.05, 0) is 19.1 Å². The third-order valence-electron chi connectivity index (χ3n) is 4.32. The number of benzene rings is 2. The number of oxazole rings is 1. The summed E-state index contributed by atoms with van der Waals surface area (Å²) in [6, 6.07) is 23.0. The Balaban J connectivity index is 1.57. The molecule has 1 unspecified atom stereocenters. The van der Waals surface area contributed by atoms with Crippen molar-refractivity contribution in [2.75, 3.05) is 5.32 Å². The quantitative estimate of drug-likeness (QED) is 0.366. The predicted molar refractivity (Wildman–Crippen MR) is 121 cm³/mol. The number of halogens is 1. The van der Waals surface area contributed by atoms with Crippen LogP contribution in [0.3, 0.4) is 0 Å². The van der Waals surface area contributed by atoms with E-state index in [9.17, 15) is 4.79 Å². The zero-order chi connectivity index (χ0) is 20.9. The minimum absolute atomic E-state index is 0.199. The summed E-state index contributed by atoms with van der Waals surface area (Å²) >= 11 is 7.09. The summed E-state index contributed by atoms with van der Waals surface area (Å²) in [4.78, 5) is 21.3. The summed E-state index contributed by atoms with van der Waals surface area (Å²) in [6.07, 6.45) is 1.49. The summed E-state index contributed by atoms with van der Waals surface area (Å²) in [5.41, 5.74) is 2.63. The fourth-order valence-corrected chi connectivity index (χ4v) is 3.67. The van der Waals surface area contributed by atoms with Crippen LogP contribution in [0.4, 0.5) is 5.82 Å². The second-order valence-electron chi connectivity index (χ2n) is 6.50. The van der Waals surface area contributed by atoms with Gasteiger partial charge in [-0.1, -0.05) is 84.0 Å². The number of hydrogen-bond acceptors (Lipinski definition) is 5. The summed E-state index contributed by atoms with van der Waals surface area (Å²) in [7, 11) is 0. The molecule has 30 heavy (non-hydrogen) atoms. The minimum Gasteiger partial charge on any atom is -0.431 e. The Labute approximate surface area is 183 Å². The number of carbonyl (C=O) groups is 1. The lowest BCUT2D eigenvalue weighted by Crippen LogP contribution is -2.22. The molecule has 150 valence electrons. The molecule has 1 amide bonds. The third-order valence-corrected chi connectivity index (χ3v) is 5.48. The van der Waals surface area contributed by atoms with Crippen molar-refractivity contribution < 1.29 is 9.21 Å². The lowest BCUT2D eigenvalue weighted by Gasteiger charge is -2.09. The first-order valence-corrected chi connectivity index (χ1v) is 10.6. The SMILES string of the molecule is CC(Sc1nc(-c2ccccc2)c(-c2ccccc2)o1)C(=O)Nc1ccc(Cl)cn1. The van der Waals surface area contributed by atoms with Crippen LogP contribution in [0.25, 0.3) is 22.6 Å². The van der Waals surface area contributed by atoms with Crippen LogP contribution in [0, 0.1) is 0 Å². The summed E-state index contributed by atoms with van der Waals surface area (Å²) in [5.74, 6) is 0.922. The smallest absolute Gasteiger partial charge is 0.257 e. The minimum atomic E-state index is -0.437. The molecule has 0 saturated heterocycles. The zero-order valence-corrected chi connectivity index (χ0v) is 17.7. The number of carbonyl (C=O) groups excluding carboxylic acids is 1. The number of amides is 1. The van der Waals surface area contributed by atoms with Gasteiger partial charge < -0.3 is 9.73 Å². The first-order valence-electron chi connectivity index (χ1n) is 9.31. The number of aromatic nitrogens is 2. The van der Waals surface area contributed by atoms with Gasteiger partial charge >= 0.3 is 0 Å². The average Bonchev–Trinajstić information content (AvgIpc) is 3.20. The number of nitrogens with zero attached hydrogens (tertiary/aromatic N) is 2. The van der Waals surface area contributed by atoms with E-state index >= 15 is 0 Å². The van der Waals surface area contributed by atoms with E-state index < -0.39 is 5.25 Å². The van der Waals surface area contributed by atoms with Crippen molar-refractivity contribution in [1.82, 2.24) is 9.97 Å². The molecule has 7 heteroatoms. The molecule has 4 aromatic rings. The van der Waals surface area contributed by atoms with E-state index in [0.717, 1.165) is 16.8 Å². The molecule has 1 atom stereocenters. The molecule has 0 bridgehead atoms. The molecule has 0 fully saturated rings. The average molecular weight is 436 g/mol. The molecule has 4 rings (SSSR count). The van der Waals surface area contributed by atoms with Crippen molar-refractivity contribution in [3.63, 3.8) is 0 Å². The van der Waals surface area contributed by atoms with Gasteiger partial charge in [0.15, 0.2) is 5.76 Å². The van der Waals surface area contributed by atoms with Crippen molar-refractivity contribution in [1.29, 1.82) is 0 Å². The molecule has 0 aliphatic rings. The van der Waals surface area contributed by atoms with Crippen LogP contribution in [0.5, 0.6) is 0 Å². The highest BCUT2D eigenvalue weighted by atomic mass is 35.5. The maximum atomic E-state index is 12.6. The Morgan fingerprint density at radius 2 is 1.67 bits per heavy atom. The molecule has 0 aliphatic carbocycles. The van der Waals surface area contributed by atoms with Gasteiger partial charge in [0, 0.05) is 17.3 Å². The van der Waals surface area contributed by atoms with Gasteiger partial charge in [0.1, 0.15) is 11.5 Å². The molecule has 2 aromatic heterocycles. The molecular formula is C23H18ClN3O2S. The molecule has 0 aliphatic heterocycles. The summed E-state index contributed by atoms with van der Waals surface area (Å²) in [5, 5.41) is 3.28. The zero-order valence-electron chi connectivity index (χ0n) is 16.1. The van der Waals surface area contributed by atoms with Crippen LogP contribution >= 0.6 is 23.4 Å². The summed E-state index contributed by atoms with van der Waals surface area (Å²) < 4.78 is 6.08. The van der Waals surface area contributed by atoms with Crippen LogP contribution < -0.4 is 5.32 Å². The summed E-state index contributed by atoms with van der Waals surface area (Å²) in [6.45, 7) is 1.80. The highest BCUT2D eigenvalue weighted by Gasteiger charge is 2.22. The van der Waals surface area contributed by atoms with Crippen molar-refractivity contribution >= 4 is 35.1 Å². The number of nitrogens with one attached hydrogen (secondary N) is 1. The molecular weight excluding hydrogens is 418 g/mol. The van der Waals surface area contributed by atoms with Crippen LogP contribution in [0.2, 0.25) is 5.02 Å². The van der Waals surface area contributed by atoms with Gasteiger partial charge in [0.05, 0.1) is 10.3 Å².